The van der Waals surface area contributed by atoms with Gasteiger partial charge >= 0.3 is 0 Å². The molecule has 1 atom stereocenters. The maximum Gasteiger partial charge on any atom is 0.229 e. The van der Waals surface area contributed by atoms with E-state index in [1.165, 1.54) is 25.7 Å². The molecule has 0 spiro atoms. The minimum absolute atomic E-state index is 0.569. The lowest BCUT2D eigenvalue weighted by Gasteiger charge is -2.04. The SMILES string of the molecule is C1CNC(Cc2noc(C3CC3)n2)C1. The first-order chi connectivity index (χ1) is 6.92. The van der Waals surface area contributed by atoms with Gasteiger partial charge in [-0.2, -0.15) is 4.98 Å². The molecule has 2 fully saturated rings. The summed E-state index contributed by atoms with van der Waals surface area (Å²) in [6, 6.07) is 0.569. The van der Waals surface area contributed by atoms with Crippen molar-refractivity contribution in [1.29, 1.82) is 0 Å². The van der Waals surface area contributed by atoms with Crippen LogP contribution in [0.4, 0.5) is 0 Å². The van der Waals surface area contributed by atoms with Gasteiger partial charge in [-0.15, -0.1) is 0 Å². The number of hydrogen-bond acceptors (Lipinski definition) is 4. The molecule has 2 aliphatic rings. The largest absolute Gasteiger partial charge is 0.339 e. The highest BCUT2D eigenvalue weighted by atomic mass is 16.5. The van der Waals surface area contributed by atoms with Crippen LogP contribution in [0, 0.1) is 0 Å². The summed E-state index contributed by atoms with van der Waals surface area (Å²) in [4.78, 5) is 4.42. The van der Waals surface area contributed by atoms with Gasteiger partial charge in [-0.1, -0.05) is 5.16 Å². The summed E-state index contributed by atoms with van der Waals surface area (Å²) >= 11 is 0. The van der Waals surface area contributed by atoms with Gasteiger partial charge in [-0.3, -0.25) is 0 Å². The predicted octanol–water partition coefficient (Wildman–Crippen LogP) is 1.24. The van der Waals surface area contributed by atoms with Crippen LogP contribution in [0.25, 0.3) is 0 Å². The molecule has 14 heavy (non-hydrogen) atoms. The Kier molecular flexibility index (Phi) is 2.01. The van der Waals surface area contributed by atoms with E-state index in [0.717, 1.165) is 24.7 Å². The summed E-state index contributed by atoms with van der Waals surface area (Å²) in [5, 5.41) is 7.45. The van der Waals surface area contributed by atoms with Gasteiger partial charge in [-0.05, 0) is 32.2 Å². The molecule has 1 saturated carbocycles. The quantitative estimate of drug-likeness (QED) is 0.784. The smallest absolute Gasteiger partial charge is 0.229 e. The first-order valence-corrected chi connectivity index (χ1v) is 5.47. The van der Waals surface area contributed by atoms with Crippen molar-refractivity contribution in [2.75, 3.05) is 6.54 Å². The Morgan fingerprint density at radius 2 is 2.29 bits per heavy atom. The normalized spacial score (nSPS) is 27.0. The number of hydrogen-bond donors (Lipinski definition) is 1. The second kappa shape index (κ2) is 3.35. The summed E-state index contributed by atoms with van der Waals surface area (Å²) < 4.78 is 5.21. The summed E-state index contributed by atoms with van der Waals surface area (Å²) in [5.74, 6) is 2.32. The minimum atomic E-state index is 0.569. The monoisotopic (exact) mass is 193 g/mol. The van der Waals surface area contributed by atoms with E-state index in [0.29, 0.717) is 12.0 Å². The van der Waals surface area contributed by atoms with E-state index in [1.807, 2.05) is 0 Å². The first kappa shape index (κ1) is 8.41. The van der Waals surface area contributed by atoms with Crippen molar-refractivity contribution >= 4 is 0 Å². The number of nitrogens with one attached hydrogen (secondary N) is 1. The van der Waals surface area contributed by atoms with E-state index in [1.54, 1.807) is 0 Å². The van der Waals surface area contributed by atoms with Gasteiger partial charge in [0.2, 0.25) is 5.89 Å². The molecule has 1 saturated heterocycles. The lowest BCUT2D eigenvalue weighted by atomic mass is 10.1. The lowest BCUT2D eigenvalue weighted by Crippen LogP contribution is -2.24. The van der Waals surface area contributed by atoms with Crippen molar-refractivity contribution in [3.8, 4) is 0 Å². The molecule has 1 N–H and O–H groups in total. The second-order valence-electron chi connectivity index (χ2n) is 4.32. The van der Waals surface area contributed by atoms with Crippen LogP contribution in [0.3, 0.4) is 0 Å². The molecule has 0 radical (unpaired) electrons. The summed E-state index contributed by atoms with van der Waals surface area (Å²) in [6.45, 7) is 1.14. The molecule has 4 heteroatoms. The molecule has 76 valence electrons. The van der Waals surface area contributed by atoms with Gasteiger partial charge in [0.1, 0.15) is 0 Å². The summed E-state index contributed by atoms with van der Waals surface area (Å²) in [7, 11) is 0. The van der Waals surface area contributed by atoms with Crippen LogP contribution in [-0.2, 0) is 6.42 Å². The Bertz CT molecular complexity index is 313. The third kappa shape index (κ3) is 1.66. The lowest BCUT2D eigenvalue weighted by molar-refractivity contribution is 0.372. The fraction of sp³-hybridized carbons (Fsp3) is 0.800. The Morgan fingerprint density at radius 1 is 1.36 bits per heavy atom. The van der Waals surface area contributed by atoms with Crippen LogP contribution in [0.15, 0.2) is 4.52 Å². The molecule has 0 aromatic carbocycles. The molecule has 3 rings (SSSR count). The Balaban J connectivity index is 1.64. The Hall–Kier alpha value is -0.900. The maximum absolute atomic E-state index is 5.21. The average molecular weight is 193 g/mol. The predicted molar refractivity (Wildman–Crippen MR) is 51.0 cm³/mol. The molecule has 0 amide bonds. The highest BCUT2D eigenvalue weighted by Gasteiger charge is 2.30. The van der Waals surface area contributed by atoms with Crippen molar-refractivity contribution in [3.63, 3.8) is 0 Å². The minimum Gasteiger partial charge on any atom is -0.339 e. The van der Waals surface area contributed by atoms with E-state index in [-0.39, 0.29) is 0 Å². The fourth-order valence-corrected chi connectivity index (χ4v) is 2.00. The maximum atomic E-state index is 5.21. The molecular weight excluding hydrogens is 178 g/mol. The third-order valence-corrected chi connectivity index (χ3v) is 3.00. The number of nitrogens with zero attached hydrogens (tertiary/aromatic N) is 2. The van der Waals surface area contributed by atoms with Crippen molar-refractivity contribution in [3.05, 3.63) is 11.7 Å². The zero-order valence-corrected chi connectivity index (χ0v) is 8.20. The fourth-order valence-electron chi connectivity index (χ4n) is 2.00. The molecule has 2 heterocycles. The second-order valence-corrected chi connectivity index (χ2v) is 4.32. The van der Waals surface area contributed by atoms with E-state index in [2.05, 4.69) is 15.5 Å². The van der Waals surface area contributed by atoms with Crippen molar-refractivity contribution in [1.82, 2.24) is 15.5 Å². The molecule has 1 aromatic rings. The number of rotatable bonds is 3. The first-order valence-electron chi connectivity index (χ1n) is 5.47. The highest BCUT2D eigenvalue weighted by molar-refractivity contribution is 5.02. The zero-order valence-electron chi connectivity index (χ0n) is 8.20. The van der Waals surface area contributed by atoms with E-state index < -0.39 is 0 Å². The number of aromatic nitrogens is 2. The molecule has 4 nitrogen and oxygen atoms in total. The van der Waals surface area contributed by atoms with Crippen LogP contribution < -0.4 is 5.32 Å². The zero-order chi connectivity index (χ0) is 9.38. The van der Waals surface area contributed by atoms with E-state index >= 15 is 0 Å². The average Bonchev–Trinajstić information content (AvgIpc) is 2.75. The third-order valence-electron chi connectivity index (χ3n) is 3.00. The van der Waals surface area contributed by atoms with Crippen LogP contribution in [0.5, 0.6) is 0 Å². The summed E-state index contributed by atoms with van der Waals surface area (Å²) in [5.41, 5.74) is 0. The summed E-state index contributed by atoms with van der Waals surface area (Å²) in [6.07, 6.45) is 5.90. The molecular formula is C10H15N3O. The molecule has 1 unspecified atom stereocenters. The molecule has 1 aliphatic carbocycles. The van der Waals surface area contributed by atoms with Crippen LogP contribution in [0.2, 0.25) is 0 Å². The van der Waals surface area contributed by atoms with Crippen LogP contribution in [0.1, 0.15) is 43.3 Å². The van der Waals surface area contributed by atoms with Gasteiger partial charge in [0.15, 0.2) is 5.82 Å². The molecule has 1 aromatic heterocycles. The Morgan fingerprint density at radius 3 is 3.00 bits per heavy atom. The van der Waals surface area contributed by atoms with E-state index in [9.17, 15) is 0 Å². The highest BCUT2D eigenvalue weighted by Crippen LogP contribution is 2.38. The van der Waals surface area contributed by atoms with Crippen LogP contribution >= 0.6 is 0 Å². The van der Waals surface area contributed by atoms with Crippen molar-refractivity contribution < 1.29 is 4.52 Å². The van der Waals surface area contributed by atoms with Crippen LogP contribution in [-0.4, -0.2) is 22.7 Å². The van der Waals surface area contributed by atoms with Crippen molar-refractivity contribution in [2.24, 2.45) is 0 Å². The van der Waals surface area contributed by atoms with Crippen molar-refractivity contribution in [2.45, 2.75) is 44.1 Å². The van der Waals surface area contributed by atoms with Gasteiger partial charge in [0, 0.05) is 18.4 Å². The molecule has 0 bridgehead atoms. The topological polar surface area (TPSA) is 51.0 Å². The van der Waals surface area contributed by atoms with E-state index in [4.69, 9.17) is 4.52 Å². The molecule has 1 aliphatic heterocycles. The van der Waals surface area contributed by atoms with Gasteiger partial charge in [0.25, 0.3) is 0 Å². The standard InChI is InChI=1S/C10H15N3O/c1-2-8(11-5-1)6-9-12-10(14-13-9)7-3-4-7/h7-8,11H,1-6H2. The van der Waals surface area contributed by atoms with Gasteiger partial charge in [-0.25, -0.2) is 0 Å². The van der Waals surface area contributed by atoms with Gasteiger partial charge in [0.05, 0.1) is 0 Å². The van der Waals surface area contributed by atoms with Gasteiger partial charge < -0.3 is 9.84 Å². The Labute approximate surface area is 83.1 Å².